The first-order valence-corrected chi connectivity index (χ1v) is 7.33. The molecule has 2 aromatic carbocycles. The van der Waals surface area contributed by atoms with Crippen LogP contribution in [-0.2, 0) is 0 Å². The fraction of sp³-hybridized carbons (Fsp3) is 0. The molecule has 0 atom stereocenters. The third-order valence-corrected chi connectivity index (χ3v) is 3.76. The van der Waals surface area contributed by atoms with E-state index < -0.39 is 0 Å². The number of nitrogens with zero attached hydrogens (tertiary/aromatic N) is 5. The van der Waals surface area contributed by atoms with Crippen LogP contribution in [0.2, 0.25) is 0 Å². The Morgan fingerprint density at radius 3 is 2.62 bits per heavy atom. The number of benzene rings is 2. The first kappa shape index (κ1) is 13.9. The van der Waals surface area contributed by atoms with E-state index in [0.717, 1.165) is 11.3 Å². The SMILES string of the molecule is N#Cc1cccc(-n2nc(-c3ccccc3)c3c(N)ncnc32)c1. The normalized spacial score (nSPS) is 10.6. The van der Waals surface area contributed by atoms with E-state index in [0.29, 0.717) is 28.1 Å². The minimum Gasteiger partial charge on any atom is -0.383 e. The Morgan fingerprint density at radius 1 is 1.00 bits per heavy atom. The summed E-state index contributed by atoms with van der Waals surface area (Å²) in [6.45, 7) is 0. The molecule has 0 saturated carbocycles. The maximum atomic E-state index is 9.12. The zero-order valence-corrected chi connectivity index (χ0v) is 12.6. The van der Waals surface area contributed by atoms with Gasteiger partial charge in [0.2, 0.25) is 0 Å². The van der Waals surface area contributed by atoms with E-state index >= 15 is 0 Å². The number of aromatic nitrogens is 4. The van der Waals surface area contributed by atoms with Crippen LogP contribution >= 0.6 is 0 Å². The lowest BCUT2D eigenvalue weighted by molar-refractivity contribution is 0.898. The molecule has 0 aliphatic carbocycles. The summed E-state index contributed by atoms with van der Waals surface area (Å²) >= 11 is 0. The molecule has 2 aromatic heterocycles. The van der Waals surface area contributed by atoms with E-state index in [-0.39, 0.29) is 0 Å². The van der Waals surface area contributed by atoms with Crippen molar-refractivity contribution in [2.45, 2.75) is 0 Å². The fourth-order valence-electron chi connectivity index (χ4n) is 2.66. The average Bonchev–Trinajstić information content (AvgIpc) is 3.04. The van der Waals surface area contributed by atoms with Gasteiger partial charge >= 0.3 is 0 Å². The number of anilines is 1. The van der Waals surface area contributed by atoms with Crippen molar-refractivity contribution in [1.82, 2.24) is 19.7 Å². The number of fused-ring (bicyclic) bond motifs is 1. The molecule has 0 saturated heterocycles. The molecule has 114 valence electrons. The van der Waals surface area contributed by atoms with Gasteiger partial charge < -0.3 is 5.73 Å². The van der Waals surface area contributed by atoms with E-state index in [1.54, 1.807) is 16.8 Å². The lowest BCUT2D eigenvalue weighted by atomic mass is 10.1. The number of rotatable bonds is 2. The van der Waals surface area contributed by atoms with Crippen molar-refractivity contribution in [2.75, 3.05) is 5.73 Å². The average molecular weight is 312 g/mol. The zero-order chi connectivity index (χ0) is 16.5. The van der Waals surface area contributed by atoms with Crippen molar-refractivity contribution < 1.29 is 0 Å². The van der Waals surface area contributed by atoms with Gasteiger partial charge in [0.1, 0.15) is 17.8 Å². The van der Waals surface area contributed by atoms with Gasteiger partial charge in [0.25, 0.3) is 0 Å². The standard InChI is InChI=1S/C18H12N6/c19-10-12-5-4-8-14(9-12)24-18-15(17(20)21-11-22-18)16(23-24)13-6-2-1-3-7-13/h1-9,11H,(H2,20,21,22). The Kier molecular flexibility index (Phi) is 3.18. The predicted octanol–water partition coefficient (Wildman–Crippen LogP) is 2.94. The van der Waals surface area contributed by atoms with Gasteiger partial charge in [-0.2, -0.15) is 10.4 Å². The van der Waals surface area contributed by atoms with Crippen LogP contribution in [0.1, 0.15) is 5.56 Å². The summed E-state index contributed by atoms with van der Waals surface area (Å²) in [5.74, 6) is 0.376. The van der Waals surface area contributed by atoms with Crippen LogP contribution in [0.3, 0.4) is 0 Å². The highest BCUT2D eigenvalue weighted by atomic mass is 15.3. The van der Waals surface area contributed by atoms with Gasteiger partial charge in [0, 0.05) is 5.56 Å². The monoisotopic (exact) mass is 312 g/mol. The van der Waals surface area contributed by atoms with Gasteiger partial charge in [-0.15, -0.1) is 0 Å². The van der Waals surface area contributed by atoms with Crippen LogP contribution in [0, 0.1) is 11.3 Å². The smallest absolute Gasteiger partial charge is 0.169 e. The van der Waals surface area contributed by atoms with Gasteiger partial charge in [-0.05, 0) is 18.2 Å². The Bertz CT molecular complexity index is 1080. The molecule has 2 heterocycles. The van der Waals surface area contributed by atoms with Crippen molar-refractivity contribution in [3.8, 4) is 23.0 Å². The van der Waals surface area contributed by atoms with E-state index in [1.807, 2.05) is 42.5 Å². The number of nitrogen functional groups attached to an aromatic ring is 1. The summed E-state index contributed by atoms with van der Waals surface area (Å²) in [6.07, 6.45) is 1.42. The third kappa shape index (κ3) is 2.16. The van der Waals surface area contributed by atoms with Gasteiger partial charge in [-0.3, -0.25) is 0 Å². The lowest BCUT2D eigenvalue weighted by Crippen LogP contribution is -1.99. The minimum absolute atomic E-state index is 0.376. The van der Waals surface area contributed by atoms with Gasteiger partial charge in [-0.1, -0.05) is 36.4 Å². The van der Waals surface area contributed by atoms with Crippen molar-refractivity contribution in [3.05, 3.63) is 66.5 Å². The highest BCUT2D eigenvalue weighted by molar-refractivity contribution is 5.98. The number of hydrogen-bond acceptors (Lipinski definition) is 5. The molecule has 0 unspecified atom stereocenters. The second-order valence-corrected chi connectivity index (χ2v) is 5.25. The molecule has 0 aliphatic heterocycles. The maximum Gasteiger partial charge on any atom is 0.169 e. The fourth-order valence-corrected chi connectivity index (χ4v) is 2.66. The van der Waals surface area contributed by atoms with Crippen LogP contribution < -0.4 is 5.73 Å². The molecule has 0 fully saturated rings. The Balaban J connectivity index is 2.04. The first-order chi connectivity index (χ1) is 11.8. The third-order valence-electron chi connectivity index (χ3n) is 3.76. The molecule has 6 heteroatoms. The number of nitrogens with two attached hydrogens (primary N) is 1. The zero-order valence-electron chi connectivity index (χ0n) is 12.6. The molecule has 4 rings (SSSR count). The van der Waals surface area contributed by atoms with Crippen molar-refractivity contribution in [1.29, 1.82) is 5.26 Å². The van der Waals surface area contributed by atoms with Crippen molar-refractivity contribution in [3.63, 3.8) is 0 Å². The van der Waals surface area contributed by atoms with Crippen LogP contribution in [0.4, 0.5) is 5.82 Å². The molecular formula is C18H12N6. The molecule has 24 heavy (non-hydrogen) atoms. The van der Waals surface area contributed by atoms with Crippen molar-refractivity contribution in [2.24, 2.45) is 0 Å². The van der Waals surface area contributed by atoms with Crippen LogP contribution in [-0.4, -0.2) is 19.7 Å². The Morgan fingerprint density at radius 2 is 1.83 bits per heavy atom. The predicted molar refractivity (Wildman–Crippen MR) is 91.2 cm³/mol. The van der Waals surface area contributed by atoms with E-state index in [4.69, 9.17) is 16.1 Å². The Hall–Kier alpha value is -3.72. The molecule has 0 amide bonds. The minimum atomic E-state index is 0.376. The molecule has 0 bridgehead atoms. The van der Waals surface area contributed by atoms with Gasteiger partial charge in [0.15, 0.2) is 5.65 Å². The molecule has 2 N–H and O–H groups in total. The molecule has 4 aromatic rings. The second kappa shape index (κ2) is 5.48. The highest BCUT2D eigenvalue weighted by Gasteiger charge is 2.17. The summed E-state index contributed by atoms with van der Waals surface area (Å²) in [4.78, 5) is 8.44. The van der Waals surface area contributed by atoms with Crippen LogP contribution in [0.25, 0.3) is 28.0 Å². The summed E-state index contributed by atoms with van der Waals surface area (Å²) in [6, 6.07) is 19.1. The van der Waals surface area contributed by atoms with Crippen LogP contribution in [0.15, 0.2) is 60.9 Å². The van der Waals surface area contributed by atoms with Crippen molar-refractivity contribution >= 4 is 16.9 Å². The summed E-state index contributed by atoms with van der Waals surface area (Å²) in [5.41, 5.74) is 9.64. The topological polar surface area (TPSA) is 93.4 Å². The highest BCUT2D eigenvalue weighted by Crippen LogP contribution is 2.31. The number of hydrogen-bond donors (Lipinski definition) is 1. The lowest BCUT2D eigenvalue weighted by Gasteiger charge is -2.02. The van der Waals surface area contributed by atoms with Crippen LogP contribution in [0.5, 0.6) is 0 Å². The van der Waals surface area contributed by atoms with Gasteiger partial charge in [-0.25, -0.2) is 14.6 Å². The number of nitriles is 1. The summed E-state index contributed by atoms with van der Waals surface area (Å²) in [5, 5.41) is 14.5. The molecule has 6 nitrogen and oxygen atoms in total. The molecular weight excluding hydrogens is 300 g/mol. The molecule has 0 radical (unpaired) electrons. The molecule has 0 aliphatic rings. The van der Waals surface area contributed by atoms with E-state index in [9.17, 15) is 0 Å². The van der Waals surface area contributed by atoms with E-state index in [2.05, 4.69) is 16.0 Å². The Labute approximate surface area is 137 Å². The largest absolute Gasteiger partial charge is 0.383 e. The summed E-state index contributed by atoms with van der Waals surface area (Å²) in [7, 11) is 0. The van der Waals surface area contributed by atoms with Gasteiger partial charge in [0.05, 0.1) is 22.7 Å². The molecule has 0 spiro atoms. The van der Waals surface area contributed by atoms with E-state index in [1.165, 1.54) is 6.33 Å². The first-order valence-electron chi connectivity index (χ1n) is 7.33. The summed E-state index contributed by atoms with van der Waals surface area (Å²) < 4.78 is 1.69. The quantitative estimate of drug-likeness (QED) is 0.614. The second-order valence-electron chi connectivity index (χ2n) is 5.25. The maximum absolute atomic E-state index is 9.12.